The number of nitrogens with zero attached hydrogens (tertiary/aromatic N) is 1. The molecule has 4 nitrogen and oxygen atoms in total. The predicted molar refractivity (Wildman–Crippen MR) is 115 cm³/mol. The molecule has 0 aliphatic carbocycles. The van der Waals surface area contributed by atoms with E-state index in [2.05, 4.69) is 5.32 Å². The van der Waals surface area contributed by atoms with Crippen molar-refractivity contribution in [3.63, 3.8) is 0 Å². The zero-order valence-electron chi connectivity index (χ0n) is 16.0. The molecular weight excluding hydrogens is 419 g/mol. The standard InChI is InChI=1S/C21H23Cl3N2O2/c1-13(2)25-21(28)14(3)26(12-16-7-8-18(23)11-19(16)24)20(27)10-15-5-4-6-17(22)9-15/h4-9,11,13-14H,10,12H2,1-3H3,(H,25,28)/t14-/m0/s1. The number of halogens is 3. The van der Waals surface area contributed by atoms with Gasteiger partial charge in [-0.2, -0.15) is 0 Å². The van der Waals surface area contributed by atoms with Gasteiger partial charge in [0, 0.05) is 27.7 Å². The average Bonchev–Trinajstić information content (AvgIpc) is 2.59. The molecule has 28 heavy (non-hydrogen) atoms. The normalized spacial score (nSPS) is 12.0. The van der Waals surface area contributed by atoms with E-state index in [1.165, 1.54) is 4.90 Å². The van der Waals surface area contributed by atoms with Crippen LogP contribution in [0.1, 0.15) is 31.9 Å². The quantitative estimate of drug-likeness (QED) is 0.647. The number of hydrogen-bond donors (Lipinski definition) is 1. The lowest BCUT2D eigenvalue weighted by Gasteiger charge is -2.30. The van der Waals surface area contributed by atoms with Crippen LogP contribution in [0.25, 0.3) is 0 Å². The molecule has 2 rings (SSSR count). The smallest absolute Gasteiger partial charge is 0.242 e. The van der Waals surface area contributed by atoms with Crippen LogP contribution in [0.15, 0.2) is 42.5 Å². The third-order valence-corrected chi connectivity index (χ3v) is 5.02. The highest BCUT2D eigenvalue weighted by Crippen LogP contribution is 2.24. The van der Waals surface area contributed by atoms with Crippen molar-refractivity contribution in [2.75, 3.05) is 0 Å². The number of nitrogens with one attached hydrogen (secondary N) is 1. The van der Waals surface area contributed by atoms with Crippen LogP contribution >= 0.6 is 34.8 Å². The molecule has 0 heterocycles. The van der Waals surface area contributed by atoms with Crippen molar-refractivity contribution in [3.05, 3.63) is 68.7 Å². The van der Waals surface area contributed by atoms with Gasteiger partial charge in [-0.1, -0.05) is 53.0 Å². The van der Waals surface area contributed by atoms with Gasteiger partial charge in [-0.05, 0) is 56.2 Å². The highest BCUT2D eigenvalue weighted by molar-refractivity contribution is 6.35. The van der Waals surface area contributed by atoms with Crippen LogP contribution in [0.2, 0.25) is 15.1 Å². The summed E-state index contributed by atoms with van der Waals surface area (Å²) in [6.45, 7) is 5.65. The first kappa shape index (κ1) is 22.5. The van der Waals surface area contributed by atoms with Gasteiger partial charge in [-0.3, -0.25) is 9.59 Å². The maximum atomic E-state index is 13.1. The number of carbonyl (C=O) groups excluding carboxylic acids is 2. The first-order chi connectivity index (χ1) is 13.2. The Balaban J connectivity index is 2.28. The van der Waals surface area contributed by atoms with Gasteiger partial charge < -0.3 is 10.2 Å². The number of amides is 2. The van der Waals surface area contributed by atoms with Crippen LogP contribution in [0, 0.1) is 0 Å². The lowest BCUT2D eigenvalue weighted by molar-refractivity contribution is -0.140. The zero-order valence-corrected chi connectivity index (χ0v) is 18.3. The second-order valence-electron chi connectivity index (χ2n) is 6.90. The van der Waals surface area contributed by atoms with Crippen molar-refractivity contribution in [3.8, 4) is 0 Å². The molecule has 1 atom stereocenters. The van der Waals surface area contributed by atoms with E-state index >= 15 is 0 Å². The second kappa shape index (κ2) is 10.1. The van der Waals surface area contributed by atoms with Gasteiger partial charge in [-0.25, -0.2) is 0 Å². The molecule has 0 aliphatic heterocycles. The molecule has 0 fully saturated rings. The highest BCUT2D eigenvalue weighted by atomic mass is 35.5. The van der Waals surface area contributed by atoms with Gasteiger partial charge in [0.25, 0.3) is 0 Å². The Morgan fingerprint density at radius 3 is 2.29 bits per heavy atom. The first-order valence-electron chi connectivity index (χ1n) is 8.95. The largest absolute Gasteiger partial charge is 0.352 e. The van der Waals surface area contributed by atoms with Crippen molar-refractivity contribution >= 4 is 46.6 Å². The SMILES string of the molecule is CC(C)NC(=O)[C@H](C)N(Cc1ccc(Cl)cc1Cl)C(=O)Cc1cccc(Cl)c1. The molecule has 0 radical (unpaired) electrons. The van der Waals surface area contributed by atoms with E-state index in [0.717, 1.165) is 11.1 Å². The van der Waals surface area contributed by atoms with E-state index in [0.29, 0.717) is 15.1 Å². The molecule has 2 aromatic rings. The Morgan fingerprint density at radius 1 is 1.00 bits per heavy atom. The molecule has 7 heteroatoms. The third-order valence-electron chi connectivity index (χ3n) is 4.20. The first-order valence-corrected chi connectivity index (χ1v) is 10.1. The Morgan fingerprint density at radius 2 is 1.68 bits per heavy atom. The van der Waals surface area contributed by atoms with Crippen molar-refractivity contribution in [1.82, 2.24) is 10.2 Å². The summed E-state index contributed by atoms with van der Waals surface area (Å²) in [5, 5.41) is 4.37. The molecule has 0 spiro atoms. The maximum Gasteiger partial charge on any atom is 0.242 e. The molecular formula is C21H23Cl3N2O2. The Labute approximate surface area is 180 Å². The lowest BCUT2D eigenvalue weighted by Crippen LogP contribution is -2.49. The van der Waals surface area contributed by atoms with Gasteiger partial charge in [-0.15, -0.1) is 0 Å². The van der Waals surface area contributed by atoms with Crippen molar-refractivity contribution in [1.29, 1.82) is 0 Å². The van der Waals surface area contributed by atoms with E-state index < -0.39 is 6.04 Å². The highest BCUT2D eigenvalue weighted by Gasteiger charge is 2.27. The fraction of sp³-hybridized carbons (Fsp3) is 0.333. The fourth-order valence-electron chi connectivity index (χ4n) is 2.74. The van der Waals surface area contributed by atoms with Crippen LogP contribution in [0.3, 0.4) is 0 Å². The van der Waals surface area contributed by atoms with Gasteiger partial charge in [0.15, 0.2) is 0 Å². The molecule has 2 aromatic carbocycles. The van der Waals surface area contributed by atoms with Crippen LogP contribution in [0.4, 0.5) is 0 Å². The van der Waals surface area contributed by atoms with E-state index in [4.69, 9.17) is 34.8 Å². The Hall–Kier alpha value is -1.75. The molecule has 2 amide bonds. The molecule has 1 N–H and O–H groups in total. The van der Waals surface area contributed by atoms with Crippen LogP contribution in [0.5, 0.6) is 0 Å². The number of hydrogen-bond acceptors (Lipinski definition) is 2. The summed E-state index contributed by atoms with van der Waals surface area (Å²) in [5.74, 6) is -0.417. The third kappa shape index (κ3) is 6.40. The number of benzene rings is 2. The number of carbonyl (C=O) groups is 2. The lowest BCUT2D eigenvalue weighted by atomic mass is 10.1. The van der Waals surface area contributed by atoms with Gasteiger partial charge in [0.1, 0.15) is 6.04 Å². The zero-order chi connectivity index (χ0) is 20.8. The van der Waals surface area contributed by atoms with Gasteiger partial charge in [0.05, 0.1) is 6.42 Å². The van der Waals surface area contributed by atoms with Gasteiger partial charge in [0.2, 0.25) is 11.8 Å². The Bertz CT molecular complexity index is 855. The summed E-state index contributed by atoms with van der Waals surface area (Å²) < 4.78 is 0. The molecule has 0 bridgehead atoms. The molecule has 150 valence electrons. The fourth-order valence-corrected chi connectivity index (χ4v) is 3.43. The summed E-state index contributed by atoms with van der Waals surface area (Å²) >= 11 is 18.3. The summed E-state index contributed by atoms with van der Waals surface area (Å²) in [6, 6.07) is 11.5. The van der Waals surface area contributed by atoms with Crippen molar-refractivity contribution in [2.45, 2.75) is 45.8 Å². The van der Waals surface area contributed by atoms with E-state index in [-0.39, 0.29) is 30.8 Å². The second-order valence-corrected chi connectivity index (χ2v) is 8.18. The molecule has 0 aromatic heterocycles. The molecule has 0 saturated heterocycles. The maximum absolute atomic E-state index is 13.1. The molecule has 0 aliphatic rings. The molecule has 0 saturated carbocycles. The summed E-state index contributed by atoms with van der Waals surface area (Å²) in [4.78, 5) is 27.1. The minimum absolute atomic E-state index is 0.0287. The summed E-state index contributed by atoms with van der Waals surface area (Å²) in [5.41, 5.74) is 1.50. The topological polar surface area (TPSA) is 49.4 Å². The van der Waals surface area contributed by atoms with E-state index in [1.54, 1.807) is 43.3 Å². The van der Waals surface area contributed by atoms with Crippen LogP contribution in [-0.2, 0) is 22.6 Å². The van der Waals surface area contributed by atoms with Gasteiger partial charge >= 0.3 is 0 Å². The summed E-state index contributed by atoms with van der Waals surface area (Å²) in [6.07, 6.45) is 0.130. The minimum Gasteiger partial charge on any atom is -0.352 e. The van der Waals surface area contributed by atoms with Crippen molar-refractivity contribution < 1.29 is 9.59 Å². The molecule has 0 unspecified atom stereocenters. The minimum atomic E-state index is -0.666. The van der Waals surface area contributed by atoms with E-state index in [1.807, 2.05) is 19.9 Å². The average molecular weight is 442 g/mol. The monoisotopic (exact) mass is 440 g/mol. The number of rotatable bonds is 7. The summed E-state index contributed by atoms with van der Waals surface area (Å²) in [7, 11) is 0. The van der Waals surface area contributed by atoms with Crippen LogP contribution in [-0.4, -0.2) is 28.8 Å². The van der Waals surface area contributed by atoms with Crippen molar-refractivity contribution in [2.24, 2.45) is 0 Å². The Kier molecular flexibility index (Phi) is 8.17. The predicted octanol–water partition coefficient (Wildman–Crippen LogP) is 5.13. The van der Waals surface area contributed by atoms with Crippen LogP contribution < -0.4 is 5.32 Å². The van der Waals surface area contributed by atoms with E-state index in [9.17, 15) is 9.59 Å².